The van der Waals surface area contributed by atoms with Crippen LogP contribution < -0.4 is 15.1 Å². The number of amides is 2. The normalized spacial score (nSPS) is 14.4. The van der Waals surface area contributed by atoms with Crippen molar-refractivity contribution < 1.29 is 19.2 Å². The lowest BCUT2D eigenvalue weighted by Gasteiger charge is -2.36. The number of rotatable bonds is 7. The molecule has 30 heavy (non-hydrogen) atoms. The van der Waals surface area contributed by atoms with E-state index in [-0.39, 0.29) is 18.4 Å². The third-order valence-electron chi connectivity index (χ3n) is 5.49. The van der Waals surface area contributed by atoms with Gasteiger partial charge in [-0.3, -0.25) is 14.4 Å². The molecule has 1 heterocycles. The predicted molar refractivity (Wildman–Crippen MR) is 115 cm³/mol. The summed E-state index contributed by atoms with van der Waals surface area (Å²) in [6.07, 6.45) is 0. The lowest BCUT2D eigenvalue weighted by atomic mass is 9.84. The molecule has 2 aromatic rings. The highest BCUT2D eigenvalue weighted by atomic mass is 16.7. The van der Waals surface area contributed by atoms with Gasteiger partial charge in [-0.1, -0.05) is 30.3 Å². The number of benzene rings is 2. The summed E-state index contributed by atoms with van der Waals surface area (Å²) >= 11 is 0. The number of hydrogen-bond acceptors (Lipinski definition) is 5. The van der Waals surface area contributed by atoms with Gasteiger partial charge >= 0.3 is 0 Å². The Morgan fingerprint density at radius 1 is 0.967 bits per heavy atom. The molecular formula is C23H29N3O4. The predicted octanol–water partition coefficient (Wildman–Crippen LogP) is 2.37. The van der Waals surface area contributed by atoms with Crippen LogP contribution in [0.5, 0.6) is 5.75 Å². The van der Waals surface area contributed by atoms with E-state index in [1.807, 2.05) is 68.4 Å². The molecule has 1 aliphatic heterocycles. The topological polar surface area (TPSA) is 71.1 Å². The van der Waals surface area contributed by atoms with Gasteiger partial charge in [0.2, 0.25) is 0 Å². The van der Waals surface area contributed by atoms with Crippen LogP contribution in [0.3, 0.4) is 0 Å². The summed E-state index contributed by atoms with van der Waals surface area (Å²) in [5, 5.41) is 0. The van der Waals surface area contributed by atoms with Crippen molar-refractivity contribution in [1.29, 1.82) is 0 Å². The van der Waals surface area contributed by atoms with Crippen molar-refractivity contribution in [3.05, 3.63) is 60.2 Å². The van der Waals surface area contributed by atoms with Crippen molar-refractivity contribution in [2.24, 2.45) is 0 Å². The van der Waals surface area contributed by atoms with Crippen molar-refractivity contribution in [2.45, 2.75) is 19.3 Å². The summed E-state index contributed by atoms with van der Waals surface area (Å²) in [5.74, 6) is 0.398. The zero-order valence-corrected chi connectivity index (χ0v) is 17.8. The third kappa shape index (κ3) is 5.10. The second-order valence-corrected chi connectivity index (χ2v) is 7.78. The molecule has 0 atom stereocenters. The van der Waals surface area contributed by atoms with Crippen LogP contribution in [0, 0.1) is 0 Å². The van der Waals surface area contributed by atoms with Gasteiger partial charge in [0.25, 0.3) is 11.8 Å². The van der Waals surface area contributed by atoms with Gasteiger partial charge in [0, 0.05) is 31.9 Å². The Morgan fingerprint density at radius 3 is 2.20 bits per heavy atom. The summed E-state index contributed by atoms with van der Waals surface area (Å²) in [5.41, 5.74) is 3.66. The number of ether oxygens (including phenoxy) is 1. The van der Waals surface area contributed by atoms with Crippen LogP contribution in [0.15, 0.2) is 54.6 Å². The number of anilines is 1. The minimum absolute atomic E-state index is 0.137. The van der Waals surface area contributed by atoms with Gasteiger partial charge in [-0.2, -0.15) is 0 Å². The molecule has 2 aromatic carbocycles. The average molecular weight is 412 g/mol. The smallest absolute Gasteiger partial charge is 0.253 e. The number of piperazine rings is 1. The molecule has 1 saturated heterocycles. The maximum atomic E-state index is 12.5. The fraction of sp³-hybridized carbons (Fsp3) is 0.391. The molecule has 7 heteroatoms. The molecule has 1 N–H and O–H groups in total. The molecule has 0 saturated carbocycles. The molecule has 160 valence electrons. The van der Waals surface area contributed by atoms with E-state index in [2.05, 4.69) is 10.4 Å². The Labute approximate surface area is 177 Å². The summed E-state index contributed by atoms with van der Waals surface area (Å²) in [7, 11) is 1.65. The Morgan fingerprint density at radius 2 is 1.60 bits per heavy atom. The van der Waals surface area contributed by atoms with Crippen molar-refractivity contribution in [2.75, 3.05) is 44.8 Å². The van der Waals surface area contributed by atoms with E-state index in [0.717, 1.165) is 30.1 Å². The summed E-state index contributed by atoms with van der Waals surface area (Å²) in [4.78, 5) is 34.2. The molecule has 0 unspecified atom stereocenters. The van der Waals surface area contributed by atoms with Gasteiger partial charge in [-0.25, -0.2) is 5.48 Å². The highest BCUT2D eigenvalue weighted by Crippen LogP contribution is 2.23. The van der Waals surface area contributed by atoms with Crippen LogP contribution in [-0.2, 0) is 19.8 Å². The van der Waals surface area contributed by atoms with Gasteiger partial charge in [-0.15, -0.1) is 0 Å². The molecule has 0 spiro atoms. The van der Waals surface area contributed by atoms with E-state index in [1.54, 1.807) is 12.0 Å². The lowest BCUT2D eigenvalue weighted by molar-refractivity contribution is -0.147. The van der Waals surface area contributed by atoms with E-state index in [0.29, 0.717) is 13.1 Å². The van der Waals surface area contributed by atoms with Gasteiger partial charge in [0.15, 0.2) is 6.61 Å². The molecule has 1 fully saturated rings. The lowest BCUT2D eigenvalue weighted by Crippen LogP contribution is -2.50. The quantitative estimate of drug-likeness (QED) is 0.709. The molecule has 0 aliphatic carbocycles. The Kier molecular flexibility index (Phi) is 6.95. The standard InChI is InChI=1S/C23H29N3O4/c1-23(2,18-7-5-4-6-8-18)22(28)24-30-17-21(27)26-15-13-25(14-16-26)19-9-11-20(29-3)12-10-19/h4-12H,13-17H2,1-3H3,(H,24,28). The Balaban J connectivity index is 1.43. The van der Waals surface area contributed by atoms with E-state index in [4.69, 9.17) is 9.57 Å². The number of hydroxylamine groups is 1. The minimum Gasteiger partial charge on any atom is -0.497 e. The summed E-state index contributed by atoms with van der Waals surface area (Å²) in [6, 6.07) is 17.4. The molecule has 3 rings (SSSR count). The number of carbonyl (C=O) groups excluding carboxylic acids is 2. The molecule has 2 amide bonds. The molecule has 7 nitrogen and oxygen atoms in total. The number of nitrogens with zero attached hydrogens (tertiary/aromatic N) is 2. The van der Waals surface area contributed by atoms with Crippen molar-refractivity contribution >= 4 is 17.5 Å². The summed E-state index contributed by atoms with van der Waals surface area (Å²) in [6.45, 7) is 6.16. The third-order valence-corrected chi connectivity index (χ3v) is 5.49. The van der Waals surface area contributed by atoms with Gasteiger partial charge in [0.05, 0.1) is 12.5 Å². The summed E-state index contributed by atoms with van der Waals surface area (Å²) < 4.78 is 5.19. The molecule has 0 bridgehead atoms. The molecule has 0 aromatic heterocycles. The first-order valence-corrected chi connectivity index (χ1v) is 10.1. The fourth-order valence-corrected chi connectivity index (χ4v) is 3.38. The minimum atomic E-state index is -0.756. The maximum absolute atomic E-state index is 12.5. The SMILES string of the molecule is COc1ccc(N2CCN(C(=O)CONC(=O)C(C)(C)c3ccccc3)CC2)cc1. The van der Waals surface area contributed by atoms with Crippen LogP contribution in [0.2, 0.25) is 0 Å². The Bertz CT molecular complexity index is 845. The first kappa shape index (κ1) is 21.6. The largest absolute Gasteiger partial charge is 0.497 e. The zero-order chi connectivity index (χ0) is 21.6. The first-order valence-electron chi connectivity index (χ1n) is 10.1. The number of carbonyl (C=O) groups is 2. The van der Waals surface area contributed by atoms with E-state index < -0.39 is 5.41 Å². The van der Waals surface area contributed by atoms with Gasteiger partial charge < -0.3 is 14.5 Å². The monoisotopic (exact) mass is 411 g/mol. The number of methoxy groups -OCH3 is 1. The van der Waals surface area contributed by atoms with Crippen LogP contribution in [0.25, 0.3) is 0 Å². The maximum Gasteiger partial charge on any atom is 0.253 e. The highest BCUT2D eigenvalue weighted by molar-refractivity contribution is 5.86. The van der Waals surface area contributed by atoms with E-state index >= 15 is 0 Å². The van der Waals surface area contributed by atoms with Crippen molar-refractivity contribution in [3.63, 3.8) is 0 Å². The van der Waals surface area contributed by atoms with Crippen LogP contribution in [-0.4, -0.2) is 56.6 Å². The van der Waals surface area contributed by atoms with Gasteiger partial charge in [-0.05, 0) is 43.7 Å². The highest BCUT2D eigenvalue weighted by Gasteiger charge is 2.30. The van der Waals surface area contributed by atoms with Gasteiger partial charge in [0.1, 0.15) is 5.75 Å². The van der Waals surface area contributed by atoms with Crippen molar-refractivity contribution in [3.8, 4) is 5.75 Å². The molecular weight excluding hydrogens is 382 g/mol. The van der Waals surface area contributed by atoms with E-state index in [9.17, 15) is 9.59 Å². The molecule has 0 radical (unpaired) electrons. The zero-order valence-electron chi connectivity index (χ0n) is 17.8. The first-order chi connectivity index (χ1) is 14.4. The number of nitrogens with one attached hydrogen (secondary N) is 1. The molecule has 1 aliphatic rings. The van der Waals surface area contributed by atoms with Crippen LogP contribution in [0.1, 0.15) is 19.4 Å². The van der Waals surface area contributed by atoms with E-state index in [1.165, 1.54) is 0 Å². The van der Waals surface area contributed by atoms with Crippen molar-refractivity contribution in [1.82, 2.24) is 10.4 Å². The Hall–Kier alpha value is -3.06. The van der Waals surface area contributed by atoms with Crippen LogP contribution >= 0.6 is 0 Å². The second kappa shape index (κ2) is 9.63. The average Bonchev–Trinajstić information content (AvgIpc) is 2.79. The van der Waals surface area contributed by atoms with Crippen LogP contribution in [0.4, 0.5) is 5.69 Å². The fourth-order valence-electron chi connectivity index (χ4n) is 3.38. The second-order valence-electron chi connectivity index (χ2n) is 7.78. The number of hydrogen-bond donors (Lipinski definition) is 1.